The Balaban J connectivity index is 4.83. The van der Waals surface area contributed by atoms with Crippen LogP contribution < -0.4 is 0 Å². The number of carboxylic acid groups (broad SMARTS) is 1. The summed E-state index contributed by atoms with van der Waals surface area (Å²) in [6.45, 7) is 5.44. The lowest BCUT2D eigenvalue weighted by molar-refractivity contribution is -0.143. The Morgan fingerprint density at radius 3 is 2.15 bits per heavy atom. The first-order valence-corrected chi connectivity index (χ1v) is 5.21. The van der Waals surface area contributed by atoms with Crippen molar-refractivity contribution in [3.63, 3.8) is 0 Å². The van der Waals surface area contributed by atoms with Gasteiger partial charge >= 0.3 is 5.97 Å². The first-order valence-electron chi connectivity index (χ1n) is 4.30. The molecule has 0 aliphatic carbocycles. The zero-order chi connectivity index (χ0) is 10.7. The average Bonchev–Trinajstić information content (AvgIpc) is 2.02. The van der Waals surface area contributed by atoms with E-state index >= 15 is 0 Å². The predicted octanol–water partition coefficient (Wildman–Crippen LogP) is 3.11. The summed E-state index contributed by atoms with van der Waals surface area (Å²) in [6.07, 6.45) is 0.992. The van der Waals surface area contributed by atoms with Gasteiger partial charge in [0, 0.05) is 5.88 Å². The van der Waals surface area contributed by atoms with Crippen LogP contribution in [-0.2, 0) is 4.79 Å². The van der Waals surface area contributed by atoms with E-state index in [4.69, 9.17) is 28.3 Å². The van der Waals surface area contributed by atoms with Gasteiger partial charge in [-0.2, -0.15) is 0 Å². The van der Waals surface area contributed by atoms with Gasteiger partial charge in [0.15, 0.2) is 0 Å². The number of hydrogen-bond donors (Lipinski definition) is 1. The van der Waals surface area contributed by atoms with E-state index in [1.807, 2.05) is 13.8 Å². The van der Waals surface area contributed by atoms with Crippen LogP contribution in [0.25, 0.3) is 0 Å². The molecule has 78 valence electrons. The van der Waals surface area contributed by atoms with E-state index in [0.29, 0.717) is 18.7 Å². The van der Waals surface area contributed by atoms with Crippen LogP contribution in [0, 0.1) is 5.41 Å². The Morgan fingerprint density at radius 1 is 1.46 bits per heavy atom. The van der Waals surface area contributed by atoms with Gasteiger partial charge in [-0.05, 0) is 18.3 Å². The van der Waals surface area contributed by atoms with Crippen LogP contribution >= 0.6 is 23.2 Å². The van der Waals surface area contributed by atoms with Crippen molar-refractivity contribution in [2.24, 2.45) is 5.41 Å². The van der Waals surface area contributed by atoms with Gasteiger partial charge in [0.2, 0.25) is 0 Å². The van der Waals surface area contributed by atoms with Crippen molar-refractivity contribution in [3.05, 3.63) is 0 Å². The van der Waals surface area contributed by atoms with Crippen molar-refractivity contribution in [1.29, 1.82) is 0 Å². The molecule has 0 aliphatic heterocycles. The molecular weight excluding hydrogens is 211 g/mol. The number of hydrogen-bond acceptors (Lipinski definition) is 1. The Labute approximate surface area is 89.2 Å². The Morgan fingerprint density at radius 2 is 1.92 bits per heavy atom. The molecule has 0 fully saturated rings. The van der Waals surface area contributed by atoms with E-state index in [2.05, 4.69) is 0 Å². The molecule has 0 aliphatic rings. The highest BCUT2D eigenvalue weighted by Gasteiger charge is 2.48. The fourth-order valence-corrected chi connectivity index (χ4v) is 1.92. The van der Waals surface area contributed by atoms with E-state index in [-0.39, 0.29) is 0 Å². The largest absolute Gasteiger partial charge is 0.480 e. The summed E-state index contributed by atoms with van der Waals surface area (Å²) in [4.78, 5) is 9.79. The molecule has 0 radical (unpaired) electrons. The monoisotopic (exact) mass is 226 g/mol. The number of rotatable bonds is 5. The van der Waals surface area contributed by atoms with Gasteiger partial charge in [-0.3, -0.25) is 4.79 Å². The normalized spacial score (nSPS) is 16.7. The third kappa shape index (κ3) is 2.50. The highest BCUT2D eigenvalue weighted by Crippen LogP contribution is 2.42. The molecule has 0 rings (SSSR count). The zero-order valence-corrected chi connectivity index (χ0v) is 9.74. The van der Waals surface area contributed by atoms with E-state index in [1.54, 1.807) is 6.92 Å². The molecule has 0 bridgehead atoms. The van der Waals surface area contributed by atoms with Gasteiger partial charge in [-0.1, -0.05) is 20.8 Å². The van der Waals surface area contributed by atoms with Gasteiger partial charge in [-0.25, -0.2) is 0 Å². The summed E-state index contributed by atoms with van der Waals surface area (Å²) in [6, 6.07) is 0. The maximum atomic E-state index is 11.0. The molecule has 4 heteroatoms. The molecule has 0 saturated heterocycles. The molecule has 1 N–H and O–H groups in total. The van der Waals surface area contributed by atoms with Gasteiger partial charge in [0.25, 0.3) is 0 Å². The van der Waals surface area contributed by atoms with Crippen LogP contribution in [0.3, 0.4) is 0 Å². The Kier molecular flexibility index (Phi) is 4.53. The van der Waals surface area contributed by atoms with E-state index in [9.17, 15) is 4.79 Å². The molecule has 0 spiro atoms. The number of carbonyl (C=O) groups is 1. The predicted molar refractivity (Wildman–Crippen MR) is 55.6 cm³/mol. The molecule has 0 aromatic heterocycles. The van der Waals surface area contributed by atoms with Crippen LogP contribution in [0.15, 0.2) is 0 Å². The van der Waals surface area contributed by atoms with Crippen molar-refractivity contribution in [2.45, 2.75) is 38.5 Å². The topological polar surface area (TPSA) is 37.3 Å². The van der Waals surface area contributed by atoms with Gasteiger partial charge in [-0.15, -0.1) is 23.2 Å². The van der Waals surface area contributed by atoms with E-state index in [1.165, 1.54) is 0 Å². The standard InChI is InChI=1S/C9H16Cl2O2/c1-4-9(11,7(12)13)8(2,3)5-6-10/h4-6H2,1-3H3,(H,12,13). The van der Waals surface area contributed by atoms with Crippen LogP contribution in [0.1, 0.15) is 33.6 Å². The molecule has 0 amide bonds. The minimum Gasteiger partial charge on any atom is -0.480 e. The smallest absolute Gasteiger partial charge is 0.325 e. The summed E-state index contributed by atoms with van der Waals surface area (Å²) in [5.41, 5.74) is -0.489. The lowest BCUT2D eigenvalue weighted by Gasteiger charge is -2.37. The highest BCUT2D eigenvalue weighted by atomic mass is 35.5. The van der Waals surface area contributed by atoms with E-state index < -0.39 is 16.3 Å². The lowest BCUT2D eigenvalue weighted by Crippen LogP contribution is -2.46. The molecule has 1 atom stereocenters. The highest BCUT2D eigenvalue weighted by molar-refractivity contribution is 6.34. The summed E-state index contributed by atoms with van der Waals surface area (Å²) in [7, 11) is 0. The Bertz CT molecular complexity index is 192. The molecule has 2 nitrogen and oxygen atoms in total. The second kappa shape index (κ2) is 4.52. The lowest BCUT2D eigenvalue weighted by atomic mass is 9.74. The number of aliphatic carboxylic acids is 1. The summed E-state index contributed by atoms with van der Waals surface area (Å²) in [5.74, 6) is -0.541. The fourth-order valence-electron chi connectivity index (χ4n) is 1.35. The maximum absolute atomic E-state index is 11.0. The molecule has 0 saturated carbocycles. The molecule has 13 heavy (non-hydrogen) atoms. The zero-order valence-electron chi connectivity index (χ0n) is 8.23. The minimum absolute atomic E-state index is 0.397. The van der Waals surface area contributed by atoms with Gasteiger partial charge < -0.3 is 5.11 Å². The quantitative estimate of drug-likeness (QED) is 0.732. The van der Waals surface area contributed by atoms with Crippen LogP contribution in [0.2, 0.25) is 0 Å². The second-order valence-electron chi connectivity index (χ2n) is 3.78. The fraction of sp³-hybridized carbons (Fsp3) is 0.889. The first-order chi connectivity index (χ1) is 5.81. The Hall–Kier alpha value is 0.0500. The summed E-state index contributed by atoms with van der Waals surface area (Å²) < 4.78 is 0. The van der Waals surface area contributed by atoms with Crippen molar-refractivity contribution >= 4 is 29.2 Å². The molecule has 0 aromatic rings. The second-order valence-corrected chi connectivity index (χ2v) is 4.81. The SMILES string of the molecule is CCC(Cl)(C(=O)O)C(C)(C)CCCl. The molecule has 1 unspecified atom stereocenters. The average molecular weight is 227 g/mol. The molecule has 0 heterocycles. The maximum Gasteiger partial charge on any atom is 0.325 e. The number of halogens is 2. The van der Waals surface area contributed by atoms with Crippen molar-refractivity contribution in [1.82, 2.24) is 0 Å². The minimum atomic E-state index is -1.21. The third-order valence-corrected chi connectivity index (χ3v) is 3.75. The summed E-state index contributed by atoms with van der Waals surface area (Å²) in [5, 5.41) is 9.02. The molecule has 0 aromatic carbocycles. The van der Waals surface area contributed by atoms with Crippen molar-refractivity contribution < 1.29 is 9.90 Å². The van der Waals surface area contributed by atoms with Crippen molar-refractivity contribution in [3.8, 4) is 0 Å². The van der Waals surface area contributed by atoms with Crippen LogP contribution in [0.4, 0.5) is 0 Å². The van der Waals surface area contributed by atoms with E-state index in [0.717, 1.165) is 0 Å². The first kappa shape index (κ1) is 13.1. The van der Waals surface area contributed by atoms with Gasteiger partial charge in [0.1, 0.15) is 4.87 Å². The van der Waals surface area contributed by atoms with Crippen LogP contribution in [0.5, 0.6) is 0 Å². The number of alkyl halides is 2. The van der Waals surface area contributed by atoms with Crippen molar-refractivity contribution in [2.75, 3.05) is 5.88 Å². The van der Waals surface area contributed by atoms with Crippen LogP contribution in [-0.4, -0.2) is 21.8 Å². The number of carboxylic acids is 1. The van der Waals surface area contributed by atoms with Gasteiger partial charge in [0.05, 0.1) is 0 Å². The molecular formula is C9H16Cl2O2. The third-order valence-electron chi connectivity index (χ3n) is 2.62. The summed E-state index contributed by atoms with van der Waals surface area (Å²) >= 11 is 11.7.